The van der Waals surface area contributed by atoms with E-state index in [9.17, 15) is 28.6 Å². The molecule has 0 radical (unpaired) electrons. The molecule has 1 atom stereocenters. The van der Waals surface area contributed by atoms with E-state index in [2.05, 4.69) is 4.98 Å². The van der Waals surface area contributed by atoms with Crippen LogP contribution in [-0.2, 0) is 5.66 Å². The topological polar surface area (TPSA) is 112 Å². The fraction of sp³-hybridized carbons (Fsp3) is 0.0476. The van der Waals surface area contributed by atoms with E-state index >= 15 is 0 Å². The Hall–Kier alpha value is -3.53. The Labute approximate surface area is 190 Å². The van der Waals surface area contributed by atoms with E-state index < -0.39 is 30.5 Å². The number of esters is 1. The third-order valence-corrected chi connectivity index (χ3v) is 6.61. The average molecular weight is 490 g/mol. The number of non-ortho nitro benzene ring substituents is 1. The molecule has 1 N–H and O–H groups in total. The van der Waals surface area contributed by atoms with Crippen molar-refractivity contribution in [3.8, 4) is 11.5 Å². The van der Waals surface area contributed by atoms with Crippen LogP contribution in [0.3, 0.4) is 0 Å². The van der Waals surface area contributed by atoms with Crippen LogP contribution in [-0.4, -0.2) is 20.8 Å². The number of carbonyl (C=O) groups is 1. The van der Waals surface area contributed by atoms with Gasteiger partial charge in [0.1, 0.15) is 16.4 Å². The van der Waals surface area contributed by atoms with Gasteiger partial charge in [-0.1, -0.05) is 6.07 Å². The summed E-state index contributed by atoms with van der Waals surface area (Å²) in [6.45, 7) is 0. The van der Waals surface area contributed by atoms with Gasteiger partial charge in [-0.25, -0.2) is 4.79 Å². The normalized spacial score (nSPS) is 12.3. The van der Waals surface area contributed by atoms with Crippen LogP contribution < -0.4 is 9.26 Å². The maximum atomic E-state index is 14.8. The van der Waals surface area contributed by atoms with Crippen LogP contribution in [0, 0.1) is 10.1 Å². The zero-order valence-corrected chi connectivity index (χ0v) is 18.1. The first-order valence-electron chi connectivity index (χ1n) is 9.19. The summed E-state index contributed by atoms with van der Waals surface area (Å²) in [6, 6.07) is 13.0. The summed E-state index contributed by atoms with van der Waals surface area (Å²) in [7, 11) is -3.19. The molecular weight excluding hydrogens is 477 g/mol. The highest BCUT2D eigenvalue weighted by molar-refractivity contribution is 7.47. The van der Waals surface area contributed by atoms with Gasteiger partial charge in [-0.2, -0.15) is 8.78 Å². The Morgan fingerprint density at radius 2 is 1.88 bits per heavy atom. The zero-order chi connectivity index (χ0) is 23.6. The van der Waals surface area contributed by atoms with Crippen LogP contribution in [0.5, 0.6) is 11.5 Å². The smallest absolute Gasteiger partial charge is 0.353 e. The number of alkyl halides is 2. The van der Waals surface area contributed by atoms with Crippen LogP contribution >= 0.6 is 19.7 Å². The second-order valence-electron chi connectivity index (χ2n) is 6.60. The third-order valence-electron chi connectivity index (χ3n) is 4.39. The largest absolute Gasteiger partial charge is 0.441 e. The Bertz CT molecular complexity index is 1320. The minimum atomic E-state index is -3.68. The number of nitro benzene ring substituents is 1. The van der Waals surface area contributed by atoms with Crippen LogP contribution in [0.25, 0.3) is 10.1 Å². The number of carbonyl (C=O) groups excluding carboxylic acids is 1. The summed E-state index contributed by atoms with van der Waals surface area (Å²) in [5, 5.41) is 11.1. The summed E-state index contributed by atoms with van der Waals surface area (Å²) < 4.78 is 40.3. The highest BCUT2D eigenvalue weighted by Gasteiger charge is 2.44. The van der Waals surface area contributed by atoms with Crippen LogP contribution in [0.1, 0.15) is 15.2 Å². The number of hydrogen-bond acceptors (Lipinski definition) is 8. The molecular formula is C21H13F2N2O6PS. The fourth-order valence-electron chi connectivity index (χ4n) is 2.79. The van der Waals surface area contributed by atoms with Gasteiger partial charge in [0, 0.05) is 28.6 Å². The summed E-state index contributed by atoms with van der Waals surface area (Å²) in [5.74, 6) is -0.616. The first-order chi connectivity index (χ1) is 15.7. The predicted octanol–water partition coefficient (Wildman–Crippen LogP) is 5.86. The molecule has 2 heterocycles. The van der Waals surface area contributed by atoms with Crippen molar-refractivity contribution >= 4 is 41.5 Å². The number of thiophene rings is 1. The van der Waals surface area contributed by atoms with E-state index in [4.69, 9.17) is 9.26 Å². The number of halogens is 2. The number of fused-ring (bicyclic) bond motifs is 1. The molecule has 0 bridgehead atoms. The second kappa shape index (κ2) is 9.14. The number of nitrogens with zero attached hydrogens (tertiary/aromatic N) is 2. The monoisotopic (exact) mass is 490 g/mol. The molecule has 4 rings (SSSR count). The summed E-state index contributed by atoms with van der Waals surface area (Å²) in [6.07, 6.45) is 2.66. The minimum absolute atomic E-state index is 0.0127. The maximum Gasteiger partial charge on any atom is 0.353 e. The Morgan fingerprint density at radius 3 is 2.55 bits per heavy atom. The van der Waals surface area contributed by atoms with Crippen molar-refractivity contribution in [3.05, 3.63) is 93.6 Å². The number of hydrogen-bond donors (Lipinski definition) is 1. The number of aromatic nitrogens is 1. The molecule has 0 saturated carbocycles. The average Bonchev–Trinajstić information content (AvgIpc) is 3.24. The fourth-order valence-corrected chi connectivity index (χ4v) is 4.49. The van der Waals surface area contributed by atoms with Gasteiger partial charge in [-0.05, 0) is 47.9 Å². The van der Waals surface area contributed by atoms with Crippen molar-refractivity contribution in [2.45, 2.75) is 5.66 Å². The van der Waals surface area contributed by atoms with Gasteiger partial charge in [-0.3, -0.25) is 15.1 Å². The lowest BCUT2D eigenvalue weighted by Crippen LogP contribution is -2.13. The molecule has 0 aliphatic carbocycles. The highest BCUT2D eigenvalue weighted by Crippen LogP contribution is 2.56. The minimum Gasteiger partial charge on any atom is -0.441 e. The van der Waals surface area contributed by atoms with Gasteiger partial charge >= 0.3 is 20.0 Å². The number of benzene rings is 2. The standard InChI is InChI=1S/C21H13F2N2O6PS/c22-21(23,32(29)31-17-2-1-9-24-12-17)14-3-8-18-13(10-14)11-19(33-18)20(26)30-16-6-4-15(5-7-16)25(27)28/h1-12,29H. The SMILES string of the molecule is O=C(Oc1ccc([N+](=O)[O-])cc1)c1cc2cc(C(F)(F)P(O)Oc3cccnc3)ccc2s1. The lowest BCUT2D eigenvalue weighted by atomic mass is 10.1. The van der Waals surface area contributed by atoms with E-state index in [0.29, 0.717) is 10.1 Å². The number of ether oxygens (including phenoxy) is 1. The maximum absolute atomic E-state index is 14.8. The molecule has 0 fully saturated rings. The zero-order valence-electron chi connectivity index (χ0n) is 16.4. The summed E-state index contributed by atoms with van der Waals surface area (Å²) in [4.78, 5) is 36.5. The second-order valence-corrected chi connectivity index (χ2v) is 8.97. The summed E-state index contributed by atoms with van der Waals surface area (Å²) in [5.41, 5.74) is -4.30. The Kier molecular flexibility index (Phi) is 6.28. The molecule has 0 saturated heterocycles. The van der Waals surface area contributed by atoms with Crippen molar-refractivity contribution in [3.63, 3.8) is 0 Å². The predicted molar refractivity (Wildman–Crippen MR) is 118 cm³/mol. The molecule has 0 aliphatic heterocycles. The molecule has 33 heavy (non-hydrogen) atoms. The van der Waals surface area contributed by atoms with Gasteiger partial charge in [-0.15, -0.1) is 11.3 Å². The molecule has 1 unspecified atom stereocenters. The Morgan fingerprint density at radius 1 is 1.12 bits per heavy atom. The number of nitro groups is 1. The molecule has 0 aliphatic rings. The molecule has 0 spiro atoms. The molecule has 2 aromatic carbocycles. The van der Waals surface area contributed by atoms with Gasteiger partial charge < -0.3 is 14.2 Å². The van der Waals surface area contributed by atoms with Crippen molar-refractivity contribution < 1.29 is 32.7 Å². The van der Waals surface area contributed by atoms with Gasteiger partial charge in [0.15, 0.2) is 0 Å². The van der Waals surface area contributed by atoms with E-state index in [1.54, 1.807) is 0 Å². The number of pyridine rings is 1. The molecule has 168 valence electrons. The summed E-state index contributed by atoms with van der Waals surface area (Å²) >= 11 is 1.04. The van der Waals surface area contributed by atoms with Crippen LogP contribution in [0.4, 0.5) is 14.5 Å². The molecule has 0 amide bonds. The first kappa shape index (κ1) is 22.7. The highest BCUT2D eigenvalue weighted by atomic mass is 32.1. The molecule has 4 aromatic rings. The first-order valence-corrected chi connectivity index (χ1v) is 11.2. The van der Waals surface area contributed by atoms with E-state index in [0.717, 1.165) is 17.4 Å². The molecule has 8 nitrogen and oxygen atoms in total. The Balaban J connectivity index is 1.52. The van der Waals surface area contributed by atoms with Crippen molar-refractivity contribution in [2.75, 3.05) is 0 Å². The van der Waals surface area contributed by atoms with Crippen molar-refractivity contribution in [1.29, 1.82) is 0 Å². The van der Waals surface area contributed by atoms with Gasteiger partial charge in [0.25, 0.3) is 5.69 Å². The van der Waals surface area contributed by atoms with Crippen LogP contribution in [0.15, 0.2) is 73.1 Å². The van der Waals surface area contributed by atoms with Gasteiger partial charge in [0.05, 0.1) is 11.1 Å². The van der Waals surface area contributed by atoms with Crippen molar-refractivity contribution in [1.82, 2.24) is 4.98 Å². The lowest BCUT2D eigenvalue weighted by Gasteiger charge is -2.21. The van der Waals surface area contributed by atoms with E-state index in [-0.39, 0.29) is 22.1 Å². The van der Waals surface area contributed by atoms with Crippen LogP contribution in [0.2, 0.25) is 0 Å². The third kappa shape index (κ3) is 4.95. The van der Waals surface area contributed by atoms with Crippen molar-refractivity contribution in [2.24, 2.45) is 0 Å². The molecule has 12 heteroatoms. The lowest BCUT2D eigenvalue weighted by molar-refractivity contribution is -0.384. The molecule has 2 aromatic heterocycles. The van der Waals surface area contributed by atoms with E-state index in [1.807, 2.05) is 0 Å². The van der Waals surface area contributed by atoms with Gasteiger partial charge in [0.2, 0.25) is 0 Å². The number of rotatable bonds is 7. The van der Waals surface area contributed by atoms with E-state index in [1.165, 1.54) is 67.0 Å². The quantitative estimate of drug-likeness (QED) is 0.114.